The molecule has 0 saturated carbocycles. The molecule has 0 aromatic rings. The lowest BCUT2D eigenvalue weighted by Crippen LogP contribution is -2.17. The third kappa shape index (κ3) is 4.95. The number of aliphatic hydroxyl groups excluding tert-OH is 1. The lowest BCUT2D eigenvalue weighted by atomic mass is 10.2. The number of carbonyl (C=O) groups excluding carboxylic acids is 1. The quantitative estimate of drug-likeness (QED) is 0.314. The van der Waals surface area contributed by atoms with E-state index in [0.717, 1.165) is 19.4 Å². The Labute approximate surface area is 89.9 Å². The van der Waals surface area contributed by atoms with E-state index in [1.54, 1.807) is 13.0 Å². The van der Waals surface area contributed by atoms with Crippen molar-refractivity contribution in [2.24, 2.45) is 0 Å². The van der Waals surface area contributed by atoms with Crippen molar-refractivity contribution in [3.8, 4) is 0 Å². The van der Waals surface area contributed by atoms with Gasteiger partial charge in [0.05, 0.1) is 12.7 Å². The summed E-state index contributed by atoms with van der Waals surface area (Å²) in [4.78, 5) is 11.4. The van der Waals surface area contributed by atoms with Crippen molar-refractivity contribution in [3.05, 3.63) is 11.6 Å². The molecule has 86 valence electrons. The zero-order valence-electron chi connectivity index (χ0n) is 9.23. The molecule has 4 heteroatoms. The Morgan fingerprint density at radius 2 is 2.40 bits per heavy atom. The van der Waals surface area contributed by atoms with Gasteiger partial charge in [-0.2, -0.15) is 0 Å². The first-order valence-electron chi connectivity index (χ1n) is 5.31. The maximum atomic E-state index is 11.4. The van der Waals surface area contributed by atoms with Crippen molar-refractivity contribution in [1.82, 2.24) is 0 Å². The van der Waals surface area contributed by atoms with E-state index in [2.05, 4.69) is 0 Å². The van der Waals surface area contributed by atoms with E-state index in [-0.39, 0.29) is 6.10 Å². The van der Waals surface area contributed by atoms with Gasteiger partial charge in [0.15, 0.2) is 0 Å². The van der Waals surface area contributed by atoms with Crippen LogP contribution in [0, 0.1) is 0 Å². The highest BCUT2D eigenvalue weighted by atomic mass is 16.6. The number of hydrogen-bond donors (Lipinski definition) is 1. The van der Waals surface area contributed by atoms with Crippen LogP contribution in [0.15, 0.2) is 11.6 Å². The van der Waals surface area contributed by atoms with Crippen molar-refractivity contribution in [1.29, 1.82) is 0 Å². The highest BCUT2D eigenvalue weighted by Crippen LogP contribution is 2.15. The van der Waals surface area contributed by atoms with E-state index in [1.165, 1.54) is 0 Å². The Morgan fingerprint density at radius 3 is 2.93 bits per heavy atom. The van der Waals surface area contributed by atoms with Crippen molar-refractivity contribution in [3.63, 3.8) is 0 Å². The van der Waals surface area contributed by atoms with E-state index < -0.39 is 12.3 Å². The Balaban J connectivity index is 2.27. The number of carbonyl (C=O) groups is 1. The molecule has 1 rings (SSSR count). The second kappa shape index (κ2) is 5.88. The molecular weight excluding hydrogens is 196 g/mol. The summed E-state index contributed by atoms with van der Waals surface area (Å²) in [5, 5.41) is 9.26. The van der Waals surface area contributed by atoms with Crippen molar-refractivity contribution in [2.45, 2.75) is 45.5 Å². The number of hydrogen-bond acceptors (Lipinski definition) is 4. The number of esters is 1. The molecule has 2 unspecified atom stereocenters. The standard InChI is InChI=1S/C11H18O4/c1-3-4-10(12)15-11(13)8(2)5-6-9-7-14-9/h5,9-10,12H,3-4,6-7H2,1-2H3. The zero-order valence-corrected chi connectivity index (χ0v) is 9.23. The molecule has 1 saturated heterocycles. The molecular formula is C11H18O4. The maximum absolute atomic E-state index is 11.4. The van der Waals surface area contributed by atoms with Gasteiger partial charge in [0.2, 0.25) is 6.29 Å². The third-order valence-electron chi connectivity index (χ3n) is 2.19. The van der Waals surface area contributed by atoms with Crippen LogP contribution in [0.1, 0.15) is 33.1 Å². The second-order valence-corrected chi connectivity index (χ2v) is 3.73. The molecule has 4 nitrogen and oxygen atoms in total. The predicted molar refractivity (Wildman–Crippen MR) is 55.1 cm³/mol. The smallest absolute Gasteiger partial charge is 0.335 e. The van der Waals surface area contributed by atoms with Crippen LogP contribution in [0.5, 0.6) is 0 Å². The molecule has 1 N–H and O–H groups in total. The van der Waals surface area contributed by atoms with E-state index in [1.807, 2.05) is 6.92 Å². The summed E-state index contributed by atoms with van der Waals surface area (Å²) < 4.78 is 9.82. The fraction of sp³-hybridized carbons (Fsp3) is 0.727. The molecule has 0 amide bonds. The molecule has 0 radical (unpaired) electrons. The molecule has 0 aromatic carbocycles. The summed E-state index contributed by atoms with van der Waals surface area (Å²) in [6, 6.07) is 0. The molecule has 0 aromatic heterocycles. The van der Waals surface area contributed by atoms with Crippen LogP contribution in [0.4, 0.5) is 0 Å². The molecule has 1 heterocycles. The monoisotopic (exact) mass is 214 g/mol. The molecule has 0 spiro atoms. The van der Waals surface area contributed by atoms with Gasteiger partial charge >= 0.3 is 5.97 Å². The van der Waals surface area contributed by atoms with Crippen LogP contribution < -0.4 is 0 Å². The minimum absolute atomic E-state index is 0.272. The molecule has 0 aliphatic carbocycles. The molecule has 0 bridgehead atoms. The van der Waals surface area contributed by atoms with Crippen LogP contribution in [0.25, 0.3) is 0 Å². The Morgan fingerprint density at radius 1 is 1.73 bits per heavy atom. The van der Waals surface area contributed by atoms with E-state index >= 15 is 0 Å². The lowest BCUT2D eigenvalue weighted by molar-refractivity contribution is -0.163. The van der Waals surface area contributed by atoms with E-state index in [4.69, 9.17) is 9.47 Å². The normalized spacial score (nSPS) is 22.3. The first kappa shape index (κ1) is 12.2. The Kier molecular flexibility index (Phi) is 4.78. The van der Waals surface area contributed by atoms with Gasteiger partial charge in [-0.15, -0.1) is 0 Å². The number of aliphatic hydroxyl groups is 1. The molecule has 15 heavy (non-hydrogen) atoms. The highest BCUT2D eigenvalue weighted by molar-refractivity contribution is 5.87. The van der Waals surface area contributed by atoms with Gasteiger partial charge in [0.1, 0.15) is 0 Å². The molecule has 1 aliphatic rings. The van der Waals surface area contributed by atoms with Gasteiger partial charge in [0.25, 0.3) is 0 Å². The van der Waals surface area contributed by atoms with Crippen LogP contribution >= 0.6 is 0 Å². The van der Waals surface area contributed by atoms with E-state index in [9.17, 15) is 9.90 Å². The summed E-state index contributed by atoms with van der Waals surface area (Å²) >= 11 is 0. The van der Waals surface area contributed by atoms with Crippen LogP contribution in [-0.4, -0.2) is 30.1 Å². The van der Waals surface area contributed by atoms with Gasteiger partial charge in [-0.1, -0.05) is 19.4 Å². The third-order valence-corrected chi connectivity index (χ3v) is 2.19. The highest BCUT2D eigenvalue weighted by Gasteiger charge is 2.21. The molecule has 1 fully saturated rings. The largest absolute Gasteiger partial charge is 0.433 e. The number of ether oxygens (including phenoxy) is 2. The van der Waals surface area contributed by atoms with Crippen LogP contribution in [0.2, 0.25) is 0 Å². The van der Waals surface area contributed by atoms with Gasteiger partial charge in [-0.25, -0.2) is 4.79 Å². The Hall–Kier alpha value is -0.870. The number of epoxide rings is 1. The fourth-order valence-corrected chi connectivity index (χ4v) is 1.12. The fourth-order valence-electron chi connectivity index (χ4n) is 1.12. The summed E-state index contributed by atoms with van der Waals surface area (Å²) in [6.45, 7) is 4.38. The van der Waals surface area contributed by atoms with E-state index in [0.29, 0.717) is 12.0 Å². The average Bonchev–Trinajstić information content (AvgIpc) is 2.97. The summed E-state index contributed by atoms with van der Waals surface area (Å²) in [6.07, 6.45) is 3.08. The van der Waals surface area contributed by atoms with Crippen molar-refractivity contribution < 1.29 is 19.4 Å². The predicted octanol–water partition coefficient (Wildman–Crippen LogP) is 1.38. The minimum Gasteiger partial charge on any atom is -0.433 e. The topological polar surface area (TPSA) is 59.1 Å². The molecule has 1 aliphatic heterocycles. The van der Waals surface area contributed by atoms with Gasteiger partial charge in [-0.05, 0) is 13.3 Å². The second-order valence-electron chi connectivity index (χ2n) is 3.73. The minimum atomic E-state index is -0.983. The molecule has 2 atom stereocenters. The van der Waals surface area contributed by atoms with Gasteiger partial charge in [0, 0.05) is 12.0 Å². The maximum Gasteiger partial charge on any atom is 0.335 e. The Bertz CT molecular complexity index is 243. The zero-order chi connectivity index (χ0) is 11.3. The SMILES string of the molecule is CCCC(O)OC(=O)C(C)=CCC1CO1. The lowest BCUT2D eigenvalue weighted by Gasteiger charge is -2.10. The first-order chi connectivity index (χ1) is 7.13. The summed E-state index contributed by atoms with van der Waals surface area (Å²) in [5.41, 5.74) is 0.528. The average molecular weight is 214 g/mol. The van der Waals surface area contributed by atoms with Gasteiger partial charge < -0.3 is 14.6 Å². The van der Waals surface area contributed by atoms with Gasteiger partial charge in [-0.3, -0.25) is 0 Å². The van der Waals surface area contributed by atoms with Crippen LogP contribution in [-0.2, 0) is 14.3 Å². The van der Waals surface area contributed by atoms with Crippen molar-refractivity contribution in [2.75, 3.05) is 6.61 Å². The first-order valence-corrected chi connectivity index (χ1v) is 5.31. The summed E-state index contributed by atoms with van der Waals surface area (Å²) in [5.74, 6) is -0.448. The van der Waals surface area contributed by atoms with Crippen molar-refractivity contribution >= 4 is 5.97 Å². The summed E-state index contributed by atoms with van der Waals surface area (Å²) in [7, 11) is 0. The number of rotatable bonds is 6. The van der Waals surface area contributed by atoms with Crippen LogP contribution in [0.3, 0.4) is 0 Å².